The Kier molecular flexibility index (Phi) is 5.12. The van der Waals surface area contributed by atoms with Crippen LogP contribution >= 0.6 is 0 Å². The number of hydrogen-bond acceptors (Lipinski definition) is 4. The molecule has 0 saturated carbocycles. The number of halogens is 2. The highest BCUT2D eigenvalue weighted by molar-refractivity contribution is 6.02. The maximum atomic E-state index is 13.5. The van der Waals surface area contributed by atoms with Gasteiger partial charge in [0.1, 0.15) is 6.04 Å². The van der Waals surface area contributed by atoms with Gasteiger partial charge < -0.3 is 10.2 Å². The van der Waals surface area contributed by atoms with E-state index in [2.05, 4.69) is 10.3 Å². The molecule has 1 unspecified atom stereocenters. The van der Waals surface area contributed by atoms with Crippen molar-refractivity contribution < 1.29 is 18.4 Å². The molecule has 1 aromatic heterocycles. The van der Waals surface area contributed by atoms with Crippen molar-refractivity contribution in [3.05, 3.63) is 54.4 Å². The zero-order valence-electron chi connectivity index (χ0n) is 14.2. The molecule has 2 heterocycles. The second kappa shape index (κ2) is 7.50. The van der Waals surface area contributed by atoms with E-state index in [0.717, 1.165) is 10.5 Å². The Bertz CT molecular complexity index is 896. The summed E-state index contributed by atoms with van der Waals surface area (Å²) in [7, 11) is 0. The van der Waals surface area contributed by atoms with Crippen molar-refractivity contribution in [3.8, 4) is 17.2 Å². The Morgan fingerprint density at radius 2 is 2.04 bits per heavy atom. The van der Waals surface area contributed by atoms with Crippen LogP contribution in [0.3, 0.4) is 0 Å². The van der Waals surface area contributed by atoms with Crippen LogP contribution in [0.4, 0.5) is 8.78 Å². The highest BCUT2D eigenvalue weighted by Crippen LogP contribution is 2.31. The number of pyridine rings is 1. The van der Waals surface area contributed by atoms with Gasteiger partial charge in [-0.3, -0.25) is 14.6 Å². The maximum Gasteiger partial charge on any atom is 0.268 e. The summed E-state index contributed by atoms with van der Waals surface area (Å²) in [6.07, 6.45) is 2.31. The standard InChI is InChI=1S/C19H16F2N4O2/c20-19(21)8-14(9-22)25(12-19)17(26)11-24-18(27)15-6-7-23-10-16(15)13-4-2-1-3-5-13/h1-7,10,14H,8,11-12H2,(H,24,27). The van der Waals surface area contributed by atoms with Crippen LogP contribution in [0, 0.1) is 11.3 Å². The van der Waals surface area contributed by atoms with E-state index < -0.39 is 43.3 Å². The van der Waals surface area contributed by atoms with E-state index in [-0.39, 0.29) is 0 Å². The minimum atomic E-state index is -3.09. The van der Waals surface area contributed by atoms with Crippen LogP contribution in [0.15, 0.2) is 48.8 Å². The fourth-order valence-corrected chi connectivity index (χ4v) is 2.99. The molecular weight excluding hydrogens is 354 g/mol. The van der Waals surface area contributed by atoms with Crippen molar-refractivity contribution in [3.63, 3.8) is 0 Å². The Hall–Kier alpha value is -3.34. The van der Waals surface area contributed by atoms with Gasteiger partial charge in [0.25, 0.3) is 11.8 Å². The van der Waals surface area contributed by atoms with E-state index in [1.165, 1.54) is 12.3 Å². The Morgan fingerprint density at radius 3 is 2.74 bits per heavy atom. The molecule has 1 aliphatic heterocycles. The molecule has 0 bridgehead atoms. The first-order chi connectivity index (χ1) is 12.9. The van der Waals surface area contributed by atoms with Gasteiger partial charge in [-0.25, -0.2) is 8.78 Å². The molecule has 138 valence electrons. The van der Waals surface area contributed by atoms with Gasteiger partial charge in [0.05, 0.1) is 24.7 Å². The lowest BCUT2D eigenvalue weighted by molar-refractivity contribution is -0.131. The first-order valence-corrected chi connectivity index (χ1v) is 8.26. The molecule has 0 radical (unpaired) electrons. The first kappa shape index (κ1) is 18.5. The monoisotopic (exact) mass is 370 g/mol. The van der Waals surface area contributed by atoms with E-state index in [0.29, 0.717) is 11.1 Å². The van der Waals surface area contributed by atoms with Crippen molar-refractivity contribution in [2.75, 3.05) is 13.1 Å². The lowest BCUT2D eigenvalue weighted by atomic mass is 10.0. The van der Waals surface area contributed by atoms with Crippen molar-refractivity contribution in [1.29, 1.82) is 5.26 Å². The van der Waals surface area contributed by atoms with Crippen LogP contribution in [-0.4, -0.2) is 46.8 Å². The average Bonchev–Trinajstić information content (AvgIpc) is 3.01. The number of carbonyl (C=O) groups excluding carboxylic acids is 2. The summed E-state index contributed by atoms with van der Waals surface area (Å²) in [5.41, 5.74) is 1.68. The number of carbonyl (C=O) groups is 2. The van der Waals surface area contributed by atoms with Crippen LogP contribution in [0.2, 0.25) is 0 Å². The highest BCUT2D eigenvalue weighted by Gasteiger charge is 2.47. The van der Waals surface area contributed by atoms with Gasteiger partial charge in [0.15, 0.2) is 0 Å². The number of alkyl halides is 2. The van der Waals surface area contributed by atoms with Gasteiger partial charge in [-0.05, 0) is 11.6 Å². The van der Waals surface area contributed by atoms with Crippen LogP contribution in [0.5, 0.6) is 0 Å². The van der Waals surface area contributed by atoms with Gasteiger partial charge in [-0.15, -0.1) is 0 Å². The van der Waals surface area contributed by atoms with Crippen molar-refractivity contribution in [2.45, 2.75) is 18.4 Å². The Labute approximate surface area is 154 Å². The number of amides is 2. The van der Waals surface area contributed by atoms with Crippen LogP contribution in [-0.2, 0) is 4.79 Å². The minimum Gasteiger partial charge on any atom is -0.343 e. The van der Waals surface area contributed by atoms with E-state index >= 15 is 0 Å². The van der Waals surface area contributed by atoms with E-state index in [9.17, 15) is 18.4 Å². The van der Waals surface area contributed by atoms with E-state index in [4.69, 9.17) is 5.26 Å². The number of benzene rings is 1. The second-order valence-electron chi connectivity index (χ2n) is 6.20. The van der Waals surface area contributed by atoms with Gasteiger partial charge in [-0.2, -0.15) is 5.26 Å². The largest absolute Gasteiger partial charge is 0.343 e. The summed E-state index contributed by atoms with van der Waals surface area (Å²) in [4.78, 5) is 29.6. The third-order valence-electron chi connectivity index (χ3n) is 4.29. The second-order valence-corrected chi connectivity index (χ2v) is 6.20. The minimum absolute atomic E-state index is 0.313. The van der Waals surface area contributed by atoms with Crippen molar-refractivity contribution >= 4 is 11.8 Å². The first-order valence-electron chi connectivity index (χ1n) is 8.26. The smallest absolute Gasteiger partial charge is 0.268 e. The molecule has 3 rings (SSSR count). The predicted molar refractivity (Wildman–Crippen MR) is 92.7 cm³/mol. The van der Waals surface area contributed by atoms with Gasteiger partial charge >= 0.3 is 0 Å². The third kappa shape index (κ3) is 4.08. The number of nitrogens with zero attached hydrogens (tertiary/aromatic N) is 3. The molecule has 8 heteroatoms. The third-order valence-corrected chi connectivity index (χ3v) is 4.29. The summed E-state index contributed by atoms with van der Waals surface area (Å²) >= 11 is 0. The Morgan fingerprint density at radius 1 is 1.30 bits per heavy atom. The molecule has 2 amide bonds. The maximum absolute atomic E-state index is 13.5. The number of hydrogen-bond donors (Lipinski definition) is 1. The van der Waals surface area contributed by atoms with Gasteiger partial charge in [0, 0.05) is 24.4 Å². The molecule has 2 aromatic rings. The zero-order valence-corrected chi connectivity index (χ0v) is 14.2. The number of nitrogens with one attached hydrogen (secondary N) is 1. The normalized spacial score (nSPS) is 18.0. The molecule has 1 aliphatic rings. The van der Waals surface area contributed by atoms with Crippen LogP contribution < -0.4 is 5.32 Å². The summed E-state index contributed by atoms with van der Waals surface area (Å²) in [6.45, 7) is -1.28. The molecule has 0 aliphatic carbocycles. The average molecular weight is 370 g/mol. The van der Waals surface area contributed by atoms with Gasteiger partial charge in [-0.1, -0.05) is 30.3 Å². The number of nitriles is 1. The van der Waals surface area contributed by atoms with Crippen LogP contribution in [0.25, 0.3) is 11.1 Å². The zero-order chi connectivity index (χ0) is 19.4. The molecule has 6 nitrogen and oxygen atoms in total. The molecule has 1 N–H and O–H groups in total. The molecule has 27 heavy (non-hydrogen) atoms. The fourth-order valence-electron chi connectivity index (χ4n) is 2.99. The lowest BCUT2D eigenvalue weighted by Gasteiger charge is -2.19. The summed E-state index contributed by atoms with van der Waals surface area (Å²) in [6, 6.07) is 11.2. The molecule has 1 saturated heterocycles. The molecule has 1 fully saturated rings. The van der Waals surface area contributed by atoms with Crippen molar-refractivity contribution in [2.24, 2.45) is 0 Å². The lowest BCUT2D eigenvalue weighted by Crippen LogP contribution is -2.43. The summed E-state index contributed by atoms with van der Waals surface area (Å²) < 4.78 is 26.9. The predicted octanol–water partition coefficient (Wildman–Crippen LogP) is 2.24. The Balaban J connectivity index is 1.71. The number of aromatic nitrogens is 1. The highest BCUT2D eigenvalue weighted by atomic mass is 19.3. The van der Waals surface area contributed by atoms with E-state index in [1.807, 2.05) is 30.3 Å². The molecule has 0 spiro atoms. The summed E-state index contributed by atoms with van der Waals surface area (Å²) in [5, 5.41) is 11.4. The molecular formula is C19H16F2N4O2. The quantitative estimate of drug-likeness (QED) is 0.894. The topological polar surface area (TPSA) is 86.1 Å². The van der Waals surface area contributed by atoms with Crippen LogP contribution in [0.1, 0.15) is 16.8 Å². The fraction of sp³-hybridized carbons (Fsp3) is 0.263. The van der Waals surface area contributed by atoms with Crippen molar-refractivity contribution in [1.82, 2.24) is 15.2 Å². The van der Waals surface area contributed by atoms with E-state index in [1.54, 1.807) is 12.3 Å². The van der Waals surface area contributed by atoms with Gasteiger partial charge in [0.2, 0.25) is 5.91 Å². The summed E-state index contributed by atoms with van der Waals surface area (Å²) in [5.74, 6) is -4.34. The molecule has 1 aromatic carbocycles. The number of rotatable bonds is 4. The number of likely N-dealkylation sites (tertiary alicyclic amines) is 1. The molecule has 1 atom stereocenters. The SMILES string of the molecule is N#CC1CC(F)(F)CN1C(=O)CNC(=O)c1ccncc1-c1ccccc1.